The maximum absolute atomic E-state index is 13.0. The second kappa shape index (κ2) is 11.5. The van der Waals surface area contributed by atoms with Crippen molar-refractivity contribution in [3.05, 3.63) is 59.4 Å². The number of amides is 2. The summed E-state index contributed by atoms with van der Waals surface area (Å²) in [6.07, 6.45) is 8.96. The summed E-state index contributed by atoms with van der Waals surface area (Å²) >= 11 is 6.11. The van der Waals surface area contributed by atoms with Gasteiger partial charge in [0.15, 0.2) is 0 Å². The van der Waals surface area contributed by atoms with Gasteiger partial charge in [0.1, 0.15) is 0 Å². The van der Waals surface area contributed by atoms with Gasteiger partial charge in [0.05, 0.1) is 40.8 Å². The lowest BCUT2D eigenvalue weighted by molar-refractivity contribution is -0.135. The maximum atomic E-state index is 13.0. The highest BCUT2D eigenvalue weighted by Gasteiger charge is 2.29. The van der Waals surface area contributed by atoms with E-state index in [0.717, 1.165) is 75.2 Å². The minimum Gasteiger partial charge on any atom is -0.367 e. The summed E-state index contributed by atoms with van der Waals surface area (Å²) in [5.41, 5.74) is 3.54. The summed E-state index contributed by atoms with van der Waals surface area (Å²) in [4.78, 5) is 34.6. The van der Waals surface area contributed by atoms with Crippen LogP contribution in [-0.2, 0) is 21.9 Å². The number of aryl methyl sites for hydroxylation is 1. The summed E-state index contributed by atoms with van der Waals surface area (Å²) < 4.78 is 27.3. The van der Waals surface area contributed by atoms with E-state index in [1.54, 1.807) is 18.3 Å². The summed E-state index contributed by atoms with van der Waals surface area (Å²) in [6.45, 7) is 3.01. The predicted molar refractivity (Wildman–Crippen MR) is 157 cm³/mol. The number of hydrogen-bond donors (Lipinski definition) is 2. The first-order valence-corrected chi connectivity index (χ1v) is 15.6. The minimum atomic E-state index is -3.49. The van der Waals surface area contributed by atoms with E-state index in [4.69, 9.17) is 11.6 Å². The molecule has 0 radical (unpaired) electrons. The van der Waals surface area contributed by atoms with E-state index in [1.165, 1.54) is 12.1 Å². The van der Waals surface area contributed by atoms with Crippen molar-refractivity contribution < 1.29 is 18.0 Å². The molecular formula is C28H33ClN6O4S. The molecule has 0 spiro atoms. The molecule has 0 unspecified atom stereocenters. The van der Waals surface area contributed by atoms with Crippen molar-refractivity contribution in [2.24, 2.45) is 13.0 Å². The van der Waals surface area contributed by atoms with Crippen LogP contribution in [0.2, 0.25) is 5.02 Å². The van der Waals surface area contributed by atoms with E-state index < -0.39 is 10.0 Å². The van der Waals surface area contributed by atoms with Gasteiger partial charge < -0.3 is 19.7 Å². The molecule has 1 aliphatic carbocycles. The van der Waals surface area contributed by atoms with Crippen molar-refractivity contribution in [1.29, 1.82) is 0 Å². The summed E-state index contributed by atoms with van der Waals surface area (Å²) in [7, 11) is -1.65. The number of rotatable bonds is 7. The number of aromatic nitrogens is 2. The first-order chi connectivity index (χ1) is 19.1. The standard InChI is InChI=1S/C28H33ClN6O4S/c1-33-18-20(27(36)31-22-14-21(29)15-23(16-22)32-40(2,38)39)13-26(33)25-8-7-24(17-30-25)34-9-11-35(12-10-34)28(37)19-5-3-4-6-19/h7-8,13-19,32H,3-6,9-12H2,1-2H3,(H,31,36). The molecule has 2 amide bonds. The lowest BCUT2D eigenvalue weighted by atomic mass is 10.1. The zero-order valence-corrected chi connectivity index (χ0v) is 24.1. The van der Waals surface area contributed by atoms with Crippen LogP contribution < -0.4 is 14.9 Å². The second-order valence-electron chi connectivity index (χ2n) is 10.5. The minimum absolute atomic E-state index is 0.213. The Balaban J connectivity index is 1.22. The maximum Gasteiger partial charge on any atom is 0.257 e. The van der Waals surface area contributed by atoms with Crippen LogP contribution in [0.4, 0.5) is 17.1 Å². The van der Waals surface area contributed by atoms with Crippen molar-refractivity contribution in [3.63, 3.8) is 0 Å². The van der Waals surface area contributed by atoms with E-state index in [1.807, 2.05) is 34.8 Å². The Morgan fingerprint density at radius 2 is 1.70 bits per heavy atom. The lowest BCUT2D eigenvalue weighted by Gasteiger charge is -2.37. The first-order valence-electron chi connectivity index (χ1n) is 13.3. The molecule has 40 heavy (non-hydrogen) atoms. The van der Waals surface area contributed by atoms with Crippen LogP contribution in [0.3, 0.4) is 0 Å². The van der Waals surface area contributed by atoms with Crippen molar-refractivity contribution in [2.75, 3.05) is 47.4 Å². The molecule has 2 aromatic heterocycles. The Morgan fingerprint density at radius 1 is 1.00 bits per heavy atom. The van der Waals surface area contributed by atoms with E-state index in [9.17, 15) is 18.0 Å². The zero-order valence-electron chi connectivity index (χ0n) is 22.6. The molecule has 3 aromatic rings. The fourth-order valence-electron chi connectivity index (χ4n) is 5.42. The molecule has 12 heteroatoms. The van der Waals surface area contributed by atoms with Crippen LogP contribution in [0.25, 0.3) is 11.4 Å². The molecule has 0 bridgehead atoms. The highest BCUT2D eigenvalue weighted by atomic mass is 35.5. The number of piperazine rings is 1. The van der Waals surface area contributed by atoms with Gasteiger partial charge >= 0.3 is 0 Å². The average molecular weight is 585 g/mol. The van der Waals surface area contributed by atoms with Crippen LogP contribution in [0.5, 0.6) is 0 Å². The number of anilines is 3. The quantitative estimate of drug-likeness (QED) is 0.430. The molecule has 5 rings (SSSR count). The Morgan fingerprint density at radius 3 is 2.35 bits per heavy atom. The van der Waals surface area contributed by atoms with Crippen LogP contribution in [0, 0.1) is 5.92 Å². The molecule has 1 aromatic carbocycles. The normalized spacial score (nSPS) is 16.3. The molecule has 1 aliphatic heterocycles. The summed E-state index contributed by atoms with van der Waals surface area (Å²) in [5, 5.41) is 3.05. The number of nitrogens with zero attached hydrogens (tertiary/aromatic N) is 4. The molecule has 1 saturated heterocycles. The molecule has 2 fully saturated rings. The third kappa shape index (κ3) is 6.59. The Hall–Kier alpha value is -3.57. The van der Waals surface area contributed by atoms with E-state index in [0.29, 0.717) is 17.2 Å². The van der Waals surface area contributed by atoms with Crippen LogP contribution >= 0.6 is 11.6 Å². The smallest absolute Gasteiger partial charge is 0.257 e. The Bertz CT molecular complexity index is 1510. The highest BCUT2D eigenvalue weighted by Crippen LogP contribution is 2.28. The topological polar surface area (TPSA) is 117 Å². The van der Waals surface area contributed by atoms with Gasteiger partial charge in [0.2, 0.25) is 15.9 Å². The van der Waals surface area contributed by atoms with Crippen molar-refractivity contribution in [3.8, 4) is 11.4 Å². The van der Waals surface area contributed by atoms with Gasteiger partial charge in [-0.15, -0.1) is 0 Å². The molecule has 3 heterocycles. The fourth-order valence-corrected chi connectivity index (χ4v) is 6.20. The second-order valence-corrected chi connectivity index (χ2v) is 12.7. The number of sulfonamides is 1. The molecule has 2 N–H and O–H groups in total. The first kappa shape index (κ1) is 28.0. The van der Waals surface area contributed by atoms with Crippen molar-refractivity contribution in [1.82, 2.24) is 14.5 Å². The summed E-state index contributed by atoms with van der Waals surface area (Å²) in [5.74, 6) is 0.163. The SMILES string of the molecule is Cn1cc(C(=O)Nc2cc(Cl)cc(NS(C)(=O)=O)c2)cc1-c1ccc(N2CCN(C(=O)C3CCCC3)CC2)cn1. The molecule has 10 nitrogen and oxygen atoms in total. The number of benzene rings is 1. The number of carbonyl (C=O) groups is 2. The van der Waals surface area contributed by atoms with Crippen LogP contribution in [-0.4, -0.2) is 67.1 Å². The largest absolute Gasteiger partial charge is 0.367 e. The number of halogens is 1. The van der Waals surface area contributed by atoms with Gasteiger partial charge in [-0.05, 0) is 49.2 Å². The van der Waals surface area contributed by atoms with Crippen molar-refractivity contribution >= 4 is 50.5 Å². The Kier molecular flexibility index (Phi) is 8.04. The molecule has 0 atom stereocenters. The fraction of sp³-hybridized carbons (Fsp3) is 0.393. The lowest BCUT2D eigenvalue weighted by Crippen LogP contribution is -2.50. The van der Waals surface area contributed by atoms with Crippen LogP contribution in [0.1, 0.15) is 36.0 Å². The third-order valence-electron chi connectivity index (χ3n) is 7.40. The predicted octanol–water partition coefficient (Wildman–Crippen LogP) is 4.20. The number of carbonyl (C=O) groups excluding carboxylic acids is 2. The molecule has 2 aliphatic rings. The van der Waals surface area contributed by atoms with E-state index in [2.05, 4.69) is 19.9 Å². The number of pyridine rings is 1. The number of nitrogens with one attached hydrogen (secondary N) is 2. The van der Waals surface area contributed by atoms with Crippen molar-refractivity contribution in [2.45, 2.75) is 25.7 Å². The molecular weight excluding hydrogens is 552 g/mol. The van der Waals surface area contributed by atoms with Crippen LogP contribution in [0.15, 0.2) is 48.8 Å². The monoisotopic (exact) mass is 584 g/mol. The molecule has 1 saturated carbocycles. The summed E-state index contributed by atoms with van der Waals surface area (Å²) in [6, 6.07) is 10.2. The van der Waals surface area contributed by atoms with E-state index >= 15 is 0 Å². The van der Waals surface area contributed by atoms with E-state index in [-0.39, 0.29) is 22.5 Å². The van der Waals surface area contributed by atoms with Gasteiger partial charge in [0.25, 0.3) is 5.91 Å². The van der Waals surface area contributed by atoms with Gasteiger partial charge in [-0.3, -0.25) is 19.3 Å². The highest BCUT2D eigenvalue weighted by molar-refractivity contribution is 7.92. The number of hydrogen-bond acceptors (Lipinski definition) is 6. The van der Waals surface area contributed by atoms with Gasteiger partial charge in [0, 0.05) is 56.1 Å². The average Bonchev–Trinajstić information content (AvgIpc) is 3.57. The molecule has 212 valence electrons. The third-order valence-corrected chi connectivity index (χ3v) is 8.22. The Labute approximate surface area is 239 Å². The van der Waals surface area contributed by atoms with Gasteiger partial charge in [-0.1, -0.05) is 24.4 Å². The zero-order chi connectivity index (χ0) is 28.4. The van der Waals surface area contributed by atoms with Gasteiger partial charge in [-0.25, -0.2) is 8.42 Å². The van der Waals surface area contributed by atoms with Gasteiger partial charge in [-0.2, -0.15) is 0 Å².